The minimum absolute atomic E-state index is 0.0236. The van der Waals surface area contributed by atoms with E-state index < -0.39 is 6.04 Å². The van der Waals surface area contributed by atoms with Gasteiger partial charge in [0.2, 0.25) is 11.7 Å². The van der Waals surface area contributed by atoms with Crippen molar-refractivity contribution in [2.45, 2.75) is 57.0 Å². The van der Waals surface area contributed by atoms with E-state index >= 15 is 0 Å². The molecule has 154 valence electrons. The number of hydrogen-bond donors (Lipinski definition) is 2. The van der Waals surface area contributed by atoms with Crippen molar-refractivity contribution in [1.82, 2.24) is 9.88 Å². The fourth-order valence-corrected chi connectivity index (χ4v) is 5.46. The maximum absolute atomic E-state index is 13.1. The predicted octanol–water partition coefficient (Wildman–Crippen LogP) is 3.65. The lowest BCUT2D eigenvalue weighted by molar-refractivity contribution is -0.135. The average molecular weight is 414 g/mol. The Bertz CT molecular complexity index is 891. The van der Waals surface area contributed by atoms with Gasteiger partial charge in [0, 0.05) is 17.5 Å². The number of ketones is 1. The largest absolute Gasteiger partial charge is 0.508 e. The molecule has 2 atom stereocenters. The molecule has 1 aromatic carbocycles. The van der Waals surface area contributed by atoms with Gasteiger partial charge in [-0.15, -0.1) is 11.3 Å². The SMILES string of the molecule is N[C@H](C(=O)N1CCC[C@H]1c1nc(C(=O)c2cccc(O)c2)cs1)C1CCCCC1. The van der Waals surface area contributed by atoms with Crippen LogP contribution in [0.5, 0.6) is 5.75 Å². The Morgan fingerprint density at radius 3 is 2.72 bits per heavy atom. The van der Waals surface area contributed by atoms with Crippen LogP contribution in [0.3, 0.4) is 0 Å². The molecule has 1 saturated heterocycles. The number of benzene rings is 1. The van der Waals surface area contributed by atoms with Gasteiger partial charge in [0.1, 0.15) is 16.5 Å². The Hall–Kier alpha value is -2.25. The van der Waals surface area contributed by atoms with Crippen molar-refractivity contribution in [3.05, 3.63) is 45.9 Å². The number of phenols is 1. The van der Waals surface area contributed by atoms with Crippen molar-refractivity contribution in [2.75, 3.05) is 6.54 Å². The molecule has 3 N–H and O–H groups in total. The van der Waals surface area contributed by atoms with E-state index in [4.69, 9.17) is 5.73 Å². The number of rotatable bonds is 5. The zero-order valence-corrected chi connectivity index (χ0v) is 17.2. The molecule has 6 nitrogen and oxygen atoms in total. The highest BCUT2D eigenvalue weighted by Crippen LogP contribution is 2.36. The number of carbonyl (C=O) groups excluding carboxylic acids is 2. The molecule has 1 amide bonds. The number of hydrogen-bond acceptors (Lipinski definition) is 6. The first-order valence-electron chi connectivity index (χ1n) is 10.4. The van der Waals surface area contributed by atoms with E-state index in [1.165, 1.54) is 29.9 Å². The highest BCUT2D eigenvalue weighted by molar-refractivity contribution is 7.10. The molecule has 1 saturated carbocycles. The van der Waals surface area contributed by atoms with Gasteiger partial charge in [-0.3, -0.25) is 9.59 Å². The summed E-state index contributed by atoms with van der Waals surface area (Å²) in [6.45, 7) is 0.694. The molecule has 2 fully saturated rings. The van der Waals surface area contributed by atoms with Gasteiger partial charge in [0.15, 0.2) is 0 Å². The predicted molar refractivity (Wildman–Crippen MR) is 112 cm³/mol. The van der Waals surface area contributed by atoms with Gasteiger partial charge in [-0.1, -0.05) is 31.4 Å². The second kappa shape index (κ2) is 8.63. The zero-order valence-electron chi connectivity index (χ0n) is 16.4. The van der Waals surface area contributed by atoms with Crippen LogP contribution in [-0.2, 0) is 4.79 Å². The molecule has 0 unspecified atom stereocenters. The van der Waals surface area contributed by atoms with Gasteiger partial charge in [-0.25, -0.2) is 4.98 Å². The van der Waals surface area contributed by atoms with E-state index in [-0.39, 0.29) is 29.4 Å². The van der Waals surface area contributed by atoms with Gasteiger partial charge in [-0.2, -0.15) is 0 Å². The second-order valence-electron chi connectivity index (χ2n) is 8.06. The number of nitrogens with two attached hydrogens (primary N) is 1. The molecule has 2 aromatic rings. The van der Waals surface area contributed by atoms with E-state index in [1.807, 2.05) is 4.90 Å². The number of nitrogens with zero attached hydrogens (tertiary/aromatic N) is 2. The Morgan fingerprint density at radius 2 is 1.97 bits per heavy atom. The van der Waals surface area contributed by atoms with Gasteiger partial charge >= 0.3 is 0 Å². The highest BCUT2D eigenvalue weighted by Gasteiger charge is 2.37. The summed E-state index contributed by atoms with van der Waals surface area (Å²) in [6.07, 6.45) is 7.37. The van der Waals surface area contributed by atoms with Crippen LogP contribution < -0.4 is 5.73 Å². The molecular formula is C22H27N3O3S. The number of aromatic hydroxyl groups is 1. The summed E-state index contributed by atoms with van der Waals surface area (Å²) >= 11 is 1.41. The third kappa shape index (κ3) is 4.21. The zero-order chi connectivity index (χ0) is 20.4. The Kier molecular flexibility index (Phi) is 5.96. The quantitative estimate of drug-likeness (QED) is 0.730. The third-order valence-electron chi connectivity index (χ3n) is 6.13. The summed E-state index contributed by atoms with van der Waals surface area (Å²) in [4.78, 5) is 32.2. The van der Waals surface area contributed by atoms with E-state index in [1.54, 1.807) is 17.5 Å². The Balaban J connectivity index is 1.49. The molecule has 29 heavy (non-hydrogen) atoms. The first-order chi connectivity index (χ1) is 14.0. The summed E-state index contributed by atoms with van der Waals surface area (Å²) < 4.78 is 0. The standard InChI is InChI=1S/C22H27N3O3S/c23-19(14-6-2-1-3-7-14)22(28)25-11-5-10-18(25)21-24-17(13-29-21)20(27)15-8-4-9-16(26)12-15/h4,8-9,12-14,18-19,26H,1-3,5-7,10-11,23H2/t18-,19-/m0/s1. The van der Waals surface area contributed by atoms with Crippen molar-refractivity contribution in [3.8, 4) is 5.75 Å². The van der Waals surface area contributed by atoms with Gasteiger partial charge in [-0.05, 0) is 43.7 Å². The maximum atomic E-state index is 13.1. The van der Waals surface area contributed by atoms with Crippen molar-refractivity contribution < 1.29 is 14.7 Å². The molecule has 2 aliphatic rings. The molecule has 2 heterocycles. The van der Waals surface area contributed by atoms with Crippen LogP contribution in [0.15, 0.2) is 29.6 Å². The fourth-order valence-electron chi connectivity index (χ4n) is 4.51. The van der Waals surface area contributed by atoms with Crippen molar-refractivity contribution in [1.29, 1.82) is 0 Å². The van der Waals surface area contributed by atoms with E-state index in [0.29, 0.717) is 17.8 Å². The van der Waals surface area contributed by atoms with Gasteiger partial charge < -0.3 is 15.7 Å². The van der Waals surface area contributed by atoms with Crippen molar-refractivity contribution >= 4 is 23.0 Å². The van der Waals surface area contributed by atoms with Gasteiger partial charge in [0.05, 0.1) is 12.1 Å². The van der Waals surface area contributed by atoms with E-state index in [9.17, 15) is 14.7 Å². The molecule has 1 aliphatic heterocycles. The molecule has 1 aliphatic carbocycles. The first kappa shape index (κ1) is 20.0. The molecule has 7 heteroatoms. The second-order valence-corrected chi connectivity index (χ2v) is 8.95. The molecule has 4 rings (SSSR count). The number of likely N-dealkylation sites (tertiary alicyclic amines) is 1. The van der Waals surface area contributed by atoms with Crippen LogP contribution in [0.1, 0.15) is 72.0 Å². The van der Waals surface area contributed by atoms with E-state index in [2.05, 4.69) is 4.98 Å². The topological polar surface area (TPSA) is 96.5 Å². The van der Waals surface area contributed by atoms with Crippen LogP contribution in [0.2, 0.25) is 0 Å². The van der Waals surface area contributed by atoms with Crippen LogP contribution >= 0.6 is 11.3 Å². The third-order valence-corrected chi connectivity index (χ3v) is 7.07. The lowest BCUT2D eigenvalue weighted by Crippen LogP contribution is -2.48. The van der Waals surface area contributed by atoms with Crippen LogP contribution in [0.4, 0.5) is 0 Å². The molecule has 0 bridgehead atoms. The lowest BCUT2D eigenvalue weighted by Gasteiger charge is -2.32. The molecule has 1 aromatic heterocycles. The van der Waals surface area contributed by atoms with Crippen molar-refractivity contribution in [2.24, 2.45) is 11.7 Å². The molecular weight excluding hydrogens is 386 g/mol. The smallest absolute Gasteiger partial charge is 0.240 e. The maximum Gasteiger partial charge on any atom is 0.240 e. The number of phenolic OH excluding ortho intramolecular Hbond substituents is 1. The minimum Gasteiger partial charge on any atom is -0.508 e. The normalized spacial score (nSPS) is 21.3. The van der Waals surface area contributed by atoms with Gasteiger partial charge in [0.25, 0.3) is 0 Å². The summed E-state index contributed by atoms with van der Waals surface area (Å²) in [6, 6.07) is 5.73. The first-order valence-corrected chi connectivity index (χ1v) is 11.3. The number of aromatic nitrogens is 1. The number of thiazole rings is 1. The molecule has 0 spiro atoms. The van der Waals surface area contributed by atoms with Crippen LogP contribution in [-0.4, -0.2) is 39.3 Å². The van der Waals surface area contributed by atoms with Crippen LogP contribution in [0.25, 0.3) is 0 Å². The summed E-state index contributed by atoms with van der Waals surface area (Å²) in [7, 11) is 0. The summed E-state index contributed by atoms with van der Waals surface area (Å²) in [5.41, 5.74) is 7.13. The fraction of sp³-hybridized carbons (Fsp3) is 0.500. The average Bonchev–Trinajstić information content (AvgIpc) is 3.42. The highest BCUT2D eigenvalue weighted by atomic mass is 32.1. The Labute approximate surface area is 174 Å². The monoisotopic (exact) mass is 413 g/mol. The summed E-state index contributed by atoms with van der Waals surface area (Å²) in [5.74, 6) is 0.126. The number of amides is 1. The Morgan fingerprint density at radius 1 is 1.17 bits per heavy atom. The summed E-state index contributed by atoms with van der Waals surface area (Å²) in [5, 5.41) is 12.1. The van der Waals surface area contributed by atoms with E-state index in [0.717, 1.165) is 43.5 Å². The van der Waals surface area contributed by atoms with Crippen LogP contribution in [0, 0.1) is 5.92 Å². The number of carbonyl (C=O) groups is 2. The molecule has 0 radical (unpaired) electrons. The minimum atomic E-state index is -0.441. The van der Waals surface area contributed by atoms with Crippen molar-refractivity contribution in [3.63, 3.8) is 0 Å². The lowest BCUT2D eigenvalue weighted by atomic mass is 9.83.